The number of hydrogen-bond donors (Lipinski definition) is 2. The topological polar surface area (TPSA) is 77.8 Å². The van der Waals surface area contributed by atoms with Crippen LogP contribution in [0.15, 0.2) is 24.3 Å². The molecule has 3 aromatic rings. The van der Waals surface area contributed by atoms with E-state index in [0.717, 1.165) is 46.7 Å². The number of imidazole rings is 1. The number of amides is 2. The van der Waals surface area contributed by atoms with Crippen molar-refractivity contribution in [2.24, 2.45) is 0 Å². The fraction of sp³-hybridized carbons (Fsp3) is 0.560. The molecule has 1 unspecified atom stereocenters. The van der Waals surface area contributed by atoms with Crippen molar-refractivity contribution < 1.29 is 4.79 Å². The summed E-state index contributed by atoms with van der Waals surface area (Å²) in [6.07, 6.45) is 5.87. The molecule has 1 aromatic carbocycles. The van der Waals surface area contributed by atoms with Crippen molar-refractivity contribution in [1.82, 2.24) is 24.8 Å². The van der Waals surface area contributed by atoms with Gasteiger partial charge in [0.25, 0.3) is 0 Å². The Labute approximate surface area is 205 Å². The van der Waals surface area contributed by atoms with E-state index in [0.29, 0.717) is 19.1 Å². The zero-order valence-corrected chi connectivity index (χ0v) is 21.2. The number of carbonyl (C=O) groups excluding carboxylic acids is 1. The van der Waals surface area contributed by atoms with E-state index in [1.165, 1.54) is 31.2 Å². The molecular weight excluding hydrogens is 446 g/mol. The summed E-state index contributed by atoms with van der Waals surface area (Å²) in [5, 5.41) is 12.8. The molecule has 1 saturated carbocycles. The first-order valence-electron chi connectivity index (χ1n) is 12.6. The molecule has 2 amide bonds. The molecule has 182 valence electrons. The number of piperazine rings is 1. The molecule has 0 bridgehead atoms. The fourth-order valence-corrected chi connectivity index (χ4v) is 5.71. The number of nitrogens with one attached hydrogen (secondary N) is 2. The Morgan fingerprint density at radius 2 is 1.97 bits per heavy atom. The van der Waals surface area contributed by atoms with Crippen LogP contribution >= 0.6 is 11.3 Å². The lowest BCUT2D eigenvalue weighted by Crippen LogP contribution is -2.53. The lowest BCUT2D eigenvalue weighted by Gasteiger charge is -2.34. The first-order valence-corrected chi connectivity index (χ1v) is 13.4. The van der Waals surface area contributed by atoms with Crippen LogP contribution in [-0.2, 0) is 0 Å². The average Bonchev–Trinajstić information content (AvgIpc) is 3.57. The quantitative estimate of drug-likeness (QED) is 0.531. The molecule has 9 heteroatoms. The monoisotopic (exact) mass is 481 g/mol. The maximum absolute atomic E-state index is 12.5. The van der Waals surface area contributed by atoms with Gasteiger partial charge in [-0.1, -0.05) is 54.9 Å². The van der Waals surface area contributed by atoms with Gasteiger partial charge in [0.15, 0.2) is 5.82 Å². The van der Waals surface area contributed by atoms with Crippen molar-refractivity contribution in [2.75, 3.05) is 36.4 Å². The van der Waals surface area contributed by atoms with Gasteiger partial charge in [0.1, 0.15) is 5.69 Å². The van der Waals surface area contributed by atoms with Crippen molar-refractivity contribution in [3.05, 3.63) is 29.8 Å². The third kappa shape index (κ3) is 4.71. The van der Waals surface area contributed by atoms with E-state index in [4.69, 9.17) is 10.1 Å². The summed E-state index contributed by atoms with van der Waals surface area (Å²) in [5.41, 5.74) is 3.33. The van der Waals surface area contributed by atoms with Gasteiger partial charge in [-0.3, -0.25) is 0 Å². The molecule has 2 aliphatic rings. The Kier molecular flexibility index (Phi) is 6.63. The Balaban J connectivity index is 1.37. The van der Waals surface area contributed by atoms with Gasteiger partial charge in [-0.15, -0.1) is 5.10 Å². The Bertz CT molecular complexity index is 1140. The molecule has 2 N–H and O–H groups in total. The van der Waals surface area contributed by atoms with Gasteiger partial charge in [0.05, 0.1) is 0 Å². The van der Waals surface area contributed by atoms with Crippen LogP contribution in [0.3, 0.4) is 0 Å². The zero-order chi connectivity index (χ0) is 23.7. The molecule has 0 spiro atoms. The molecule has 1 aliphatic carbocycles. The number of rotatable bonds is 6. The van der Waals surface area contributed by atoms with Crippen LogP contribution < -0.4 is 15.5 Å². The minimum atomic E-state index is 0.0359. The highest BCUT2D eigenvalue weighted by atomic mass is 32.1. The number of fused-ring (bicyclic) bond motifs is 1. The molecule has 5 rings (SSSR count). The van der Waals surface area contributed by atoms with Crippen molar-refractivity contribution in [1.29, 1.82) is 0 Å². The SMILES string of the molecule is CCC(C)NC(=O)N1CCN(c2nn3c(NC4CCCC4)c(-c4cccc(C)c4)nc3s2)CC1. The summed E-state index contributed by atoms with van der Waals surface area (Å²) in [7, 11) is 0. The first kappa shape index (κ1) is 23.0. The first-order chi connectivity index (χ1) is 16.5. The largest absolute Gasteiger partial charge is 0.365 e. The summed E-state index contributed by atoms with van der Waals surface area (Å²) >= 11 is 1.63. The van der Waals surface area contributed by atoms with Gasteiger partial charge < -0.3 is 20.4 Å². The van der Waals surface area contributed by atoms with Crippen LogP contribution in [0.2, 0.25) is 0 Å². The lowest BCUT2D eigenvalue weighted by molar-refractivity contribution is 0.190. The van der Waals surface area contributed by atoms with Gasteiger partial charge in [0.2, 0.25) is 10.1 Å². The molecule has 1 aliphatic heterocycles. The Morgan fingerprint density at radius 3 is 2.68 bits per heavy atom. The highest BCUT2D eigenvalue weighted by molar-refractivity contribution is 7.20. The highest BCUT2D eigenvalue weighted by Crippen LogP contribution is 2.35. The van der Waals surface area contributed by atoms with Crippen LogP contribution in [0.1, 0.15) is 51.5 Å². The molecule has 3 heterocycles. The number of urea groups is 1. The zero-order valence-electron chi connectivity index (χ0n) is 20.4. The van der Waals surface area contributed by atoms with Crippen molar-refractivity contribution in [3.63, 3.8) is 0 Å². The number of carbonyl (C=O) groups is 1. The van der Waals surface area contributed by atoms with E-state index in [1.807, 2.05) is 16.3 Å². The minimum Gasteiger partial charge on any atom is -0.365 e. The molecule has 8 nitrogen and oxygen atoms in total. The number of anilines is 2. The second-order valence-corrected chi connectivity index (χ2v) is 10.6. The van der Waals surface area contributed by atoms with Gasteiger partial charge >= 0.3 is 6.03 Å². The second kappa shape index (κ2) is 9.82. The van der Waals surface area contributed by atoms with Crippen molar-refractivity contribution in [3.8, 4) is 11.3 Å². The molecule has 0 radical (unpaired) electrons. The predicted octanol–water partition coefficient (Wildman–Crippen LogP) is 4.75. The molecule has 2 aromatic heterocycles. The summed E-state index contributed by atoms with van der Waals surface area (Å²) in [6, 6.07) is 9.24. The second-order valence-electron chi connectivity index (χ2n) is 9.62. The summed E-state index contributed by atoms with van der Waals surface area (Å²) in [5.74, 6) is 1.00. The summed E-state index contributed by atoms with van der Waals surface area (Å²) in [4.78, 5) is 22.6. The summed E-state index contributed by atoms with van der Waals surface area (Å²) < 4.78 is 2.00. The van der Waals surface area contributed by atoms with Crippen LogP contribution in [0.5, 0.6) is 0 Å². The predicted molar refractivity (Wildman–Crippen MR) is 139 cm³/mol. The molecule has 1 saturated heterocycles. The average molecular weight is 482 g/mol. The van der Waals surface area contributed by atoms with Crippen molar-refractivity contribution in [2.45, 2.75) is 65.0 Å². The van der Waals surface area contributed by atoms with Crippen LogP contribution in [0.4, 0.5) is 15.7 Å². The standard InChI is InChI=1S/C25H35N7OS/c1-4-18(3)26-23(33)30-12-14-31(15-13-30)25-29-32-22(27-20-10-5-6-11-20)21(28-24(32)34-25)19-9-7-8-17(2)16-19/h7-9,16,18,20,27H,4-6,10-15H2,1-3H3,(H,26,33). The smallest absolute Gasteiger partial charge is 0.317 e. The number of aryl methyl sites for hydroxylation is 1. The molecule has 1 atom stereocenters. The van der Waals surface area contributed by atoms with Gasteiger partial charge in [-0.05, 0) is 39.2 Å². The maximum Gasteiger partial charge on any atom is 0.317 e. The van der Waals surface area contributed by atoms with Gasteiger partial charge in [-0.25, -0.2) is 9.78 Å². The minimum absolute atomic E-state index is 0.0359. The molecular formula is C25H35N7OS. The number of nitrogens with zero attached hydrogens (tertiary/aromatic N) is 5. The number of hydrogen-bond acceptors (Lipinski definition) is 6. The van der Waals surface area contributed by atoms with E-state index in [1.54, 1.807) is 11.3 Å². The van der Waals surface area contributed by atoms with E-state index in [9.17, 15) is 4.79 Å². The van der Waals surface area contributed by atoms with Gasteiger partial charge in [-0.2, -0.15) is 4.52 Å². The molecule has 2 fully saturated rings. The van der Waals surface area contributed by atoms with E-state index in [2.05, 4.69) is 53.6 Å². The Hall–Kier alpha value is -2.81. The molecule has 34 heavy (non-hydrogen) atoms. The van der Waals surface area contributed by atoms with Gasteiger partial charge in [0, 0.05) is 43.8 Å². The number of benzene rings is 1. The van der Waals surface area contributed by atoms with Crippen LogP contribution in [0.25, 0.3) is 16.2 Å². The third-order valence-corrected chi connectivity index (χ3v) is 7.97. The number of aromatic nitrogens is 3. The highest BCUT2D eigenvalue weighted by Gasteiger charge is 2.27. The van der Waals surface area contributed by atoms with E-state index < -0.39 is 0 Å². The van der Waals surface area contributed by atoms with E-state index in [-0.39, 0.29) is 12.1 Å². The lowest BCUT2D eigenvalue weighted by atomic mass is 10.1. The summed E-state index contributed by atoms with van der Waals surface area (Å²) in [6.45, 7) is 9.20. The van der Waals surface area contributed by atoms with Crippen LogP contribution in [-0.4, -0.2) is 63.8 Å². The normalized spacial score (nSPS) is 18.0. The fourth-order valence-electron chi connectivity index (χ4n) is 4.76. The van der Waals surface area contributed by atoms with Crippen LogP contribution in [0, 0.1) is 6.92 Å². The van der Waals surface area contributed by atoms with E-state index >= 15 is 0 Å². The third-order valence-electron chi connectivity index (χ3n) is 7.00. The van der Waals surface area contributed by atoms with Crippen molar-refractivity contribution >= 4 is 33.3 Å². The maximum atomic E-state index is 12.5. The Morgan fingerprint density at radius 1 is 1.21 bits per heavy atom.